The Hall–Kier alpha value is -3.27. The second kappa shape index (κ2) is 16.5. The van der Waals surface area contributed by atoms with E-state index < -0.39 is 0 Å². The lowest BCUT2D eigenvalue weighted by atomic mass is 10.0. The number of hydrogen-bond acceptors (Lipinski definition) is 7. The first-order valence-electron chi connectivity index (χ1n) is 12.1. The third-order valence-corrected chi connectivity index (χ3v) is 6.41. The number of carbonyl (C=O) groups excluding carboxylic acids is 2. The third-order valence-electron chi connectivity index (χ3n) is 5.21. The number of nitrogens with two attached hydrogens (primary N) is 1. The highest BCUT2D eigenvalue weighted by Gasteiger charge is 2.48. The number of benzene rings is 1. The number of rotatable bonds is 6. The second-order valence-corrected chi connectivity index (χ2v) is 8.78. The largest absolute Gasteiger partial charge is 0.463 e. The Morgan fingerprint density at radius 3 is 2.49 bits per heavy atom. The van der Waals surface area contributed by atoms with Gasteiger partial charge in [0.05, 0.1) is 19.8 Å². The molecule has 37 heavy (non-hydrogen) atoms. The van der Waals surface area contributed by atoms with Crippen LogP contribution in [0.15, 0.2) is 54.2 Å². The lowest BCUT2D eigenvalue weighted by Gasteiger charge is -2.19. The number of aryl methyl sites for hydroxylation is 1. The molecule has 1 amide bonds. The molecule has 2 aromatic rings. The van der Waals surface area contributed by atoms with E-state index in [4.69, 9.17) is 5.73 Å². The molecule has 1 fully saturated rings. The molecule has 1 aromatic carbocycles. The van der Waals surface area contributed by atoms with Crippen molar-refractivity contribution in [1.82, 2.24) is 4.98 Å². The number of hydrogen-bond donors (Lipinski definition) is 2. The SMILES string of the molecule is C=CC(=O)OCC.CC.CCc1ccc(C(=O)Nc2ccc(F)c(C3N=C(N)SC4CC43)c2)nc1.CF. The number of ether oxygens (including phenoxy) is 1. The van der Waals surface area contributed by atoms with Crippen LogP contribution in [0.4, 0.5) is 14.5 Å². The van der Waals surface area contributed by atoms with Gasteiger partial charge in [-0.3, -0.25) is 19.2 Å². The predicted molar refractivity (Wildman–Crippen MR) is 147 cm³/mol. The molecule has 202 valence electrons. The minimum atomic E-state index is -0.359. The van der Waals surface area contributed by atoms with Gasteiger partial charge in [0.1, 0.15) is 11.5 Å². The molecule has 1 saturated carbocycles. The minimum Gasteiger partial charge on any atom is -0.463 e. The number of aliphatic imine (C=N–C) groups is 1. The van der Waals surface area contributed by atoms with Crippen LogP contribution in [-0.4, -0.2) is 41.1 Å². The Balaban J connectivity index is 0.000000535. The molecule has 1 aliphatic heterocycles. The maximum absolute atomic E-state index is 14.4. The van der Waals surface area contributed by atoms with Crippen LogP contribution in [-0.2, 0) is 16.0 Å². The molecule has 3 N–H and O–H groups in total. The van der Waals surface area contributed by atoms with Gasteiger partial charge in [-0.05, 0) is 55.5 Å². The van der Waals surface area contributed by atoms with Crippen LogP contribution in [0.5, 0.6) is 0 Å². The quantitative estimate of drug-likeness (QED) is 0.354. The first kappa shape index (κ1) is 31.8. The zero-order valence-electron chi connectivity index (χ0n) is 22.0. The van der Waals surface area contributed by atoms with E-state index in [0.29, 0.717) is 47.1 Å². The minimum absolute atomic E-state index is 0.278. The molecule has 7 nitrogen and oxygen atoms in total. The van der Waals surface area contributed by atoms with E-state index in [2.05, 4.69) is 26.6 Å². The van der Waals surface area contributed by atoms with Gasteiger partial charge in [-0.1, -0.05) is 45.2 Å². The van der Waals surface area contributed by atoms with Gasteiger partial charge in [0.2, 0.25) is 0 Å². The summed E-state index contributed by atoms with van der Waals surface area (Å²) in [6.07, 6.45) is 4.68. The first-order chi connectivity index (χ1) is 17.9. The maximum atomic E-state index is 14.4. The van der Waals surface area contributed by atoms with E-state index in [1.54, 1.807) is 43.1 Å². The van der Waals surface area contributed by atoms with Crippen LogP contribution in [0, 0.1) is 11.7 Å². The molecule has 2 heterocycles. The average Bonchev–Trinajstić information content (AvgIpc) is 3.71. The number of esters is 1. The number of fused-ring (bicyclic) bond motifs is 1. The van der Waals surface area contributed by atoms with E-state index in [-0.39, 0.29) is 23.7 Å². The Bertz CT molecular complexity index is 1060. The molecule has 0 saturated heterocycles. The first-order valence-corrected chi connectivity index (χ1v) is 13.0. The van der Waals surface area contributed by atoms with Crippen molar-refractivity contribution in [2.24, 2.45) is 16.6 Å². The Morgan fingerprint density at radius 2 is 1.95 bits per heavy atom. The highest BCUT2D eigenvalue weighted by Crippen LogP contribution is 2.54. The van der Waals surface area contributed by atoms with Crippen molar-refractivity contribution in [3.8, 4) is 0 Å². The summed E-state index contributed by atoms with van der Waals surface area (Å²) < 4.78 is 28.3. The van der Waals surface area contributed by atoms with Crippen molar-refractivity contribution in [3.05, 3.63) is 71.8 Å². The molecule has 0 radical (unpaired) electrons. The van der Waals surface area contributed by atoms with Crippen molar-refractivity contribution in [3.63, 3.8) is 0 Å². The number of carbonyl (C=O) groups is 2. The molecular formula is C27H36F2N4O3S. The topological polar surface area (TPSA) is 107 Å². The number of alkyl halides is 1. The Kier molecular flexibility index (Phi) is 14.1. The summed E-state index contributed by atoms with van der Waals surface area (Å²) in [5.74, 6) is -0.692. The molecule has 3 atom stereocenters. The Morgan fingerprint density at radius 1 is 1.24 bits per heavy atom. The highest BCUT2D eigenvalue weighted by atomic mass is 32.2. The van der Waals surface area contributed by atoms with Gasteiger partial charge in [-0.2, -0.15) is 0 Å². The number of nitrogens with one attached hydrogen (secondary N) is 1. The standard InChI is InChI=1S/C19H19FN4OS.C5H8O2.C2H6.CH3F/c1-2-10-3-6-15(22-9-10)18(25)23-11-4-5-14(20)12(7-11)17-13-8-16(13)26-19(21)24-17;1-3-5(6)7-4-2;2*1-2/h3-7,9,13,16-17H,2,8H2,1H3,(H2,21,24)(H,23,25);3H,1,4H2,2H3;1-2H3;1H3. The number of amides is 1. The summed E-state index contributed by atoms with van der Waals surface area (Å²) in [4.78, 5) is 31.1. The van der Waals surface area contributed by atoms with Crippen LogP contribution in [0.3, 0.4) is 0 Å². The fourth-order valence-electron chi connectivity index (χ4n) is 3.39. The summed E-state index contributed by atoms with van der Waals surface area (Å²) in [5, 5.41) is 3.72. The van der Waals surface area contributed by atoms with Crippen LogP contribution >= 0.6 is 11.8 Å². The molecule has 2 aliphatic rings. The van der Waals surface area contributed by atoms with Crippen molar-refractivity contribution in [1.29, 1.82) is 0 Å². The summed E-state index contributed by atoms with van der Waals surface area (Å²) in [6.45, 7) is 11.4. The molecule has 1 aromatic heterocycles. The second-order valence-electron chi connectivity index (χ2n) is 7.52. The van der Waals surface area contributed by atoms with Crippen LogP contribution in [0.25, 0.3) is 0 Å². The van der Waals surface area contributed by atoms with E-state index in [9.17, 15) is 18.4 Å². The molecule has 1 aliphatic carbocycles. The zero-order chi connectivity index (χ0) is 28.0. The van der Waals surface area contributed by atoms with E-state index in [1.165, 1.54) is 6.07 Å². The predicted octanol–water partition coefficient (Wildman–Crippen LogP) is 5.87. The molecule has 4 rings (SSSR count). The van der Waals surface area contributed by atoms with Crippen molar-refractivity contribution in [2.45, 2.75) is 51.8 Å². The fraction of sp³-hybridized carbons (Fsp3) is 0.407. The van der Waals surface area contributed by atoms with Crippen LogP contribution in [0.2, 0.25) is 0 Å². The number of aromatic nitrogens is 1. The number of anilines is 1. The number of nitrogens with zero attached hydrogens (tertiary/aromatic N) is 2. The lowest BCUT2D eigenvalue weighted by molar-refractivity contribution is -0.137. The van der Waals surface area contributed by atoms with E-state index in [0.717, 1.165) is 24.5 Å². The molecule has 0 spiro atoms. The molecule has 10 heteroatoms. The Labute approximate surface area is 222 Å². The zero-order valence-corrected chi connectivity index (χ0v) is 22.8. The highest BCUT2D eigenvalue weighted by molar-refractivity contribution is 8.14. The lowest BCUT2D eigenvalue weighted by Crippen LogP contribution is -2.18. The molecular weight excluding hydrogens is 498 g/mol. The smallest absolute Gasteiger partial charge is 0.330 e. The number of amidine groups is 1. The van der Waals surface area contributed by atoms with Crippen LogP contribution in [0.1, 0.15) is 61.8 Å². The van der Waals surface area contributed by atoms with Crippen molar-refractivity contribution in [2.75, 3.05) is 19.1 Å². The summed E-state index contributed by atoms with van der Waals surface area (Å²) >= 11 is 1.56. The van der Waals surface area contributed by atoms with Gasteiger partial charge >= 0.3 is 5.97 Å². The summed E-state index contributed by atoms with van der Waals surface area (Å²) in [5.41, 5.74) is 8.26. The third kappa shape index (κ3) is 9.60. The molecule has 3 unspecified atom stereocenters. The fourth-order valence-corrected chi connectivity index (χ4v) is 4.52. The van der Waals surface area contributed by atoms with Crippen LogP contribution < -0.4 is 11.1 Å². The van der Waals surface area contributed by atoms with Gasteiger partial charge in [0.25, 0.3) is 5.91 Å². The van der Waals surface area contributed by atoms with Gasteiger partial charge in [-0.25, -0.2) is 9.18 Å². The number of pyridine rings is 1. The van der Waals surface area contributed by atoms with E-state index in [1.807, 2.05) is 26.8 Å². The van der Waals surface area contributed by atoms with Gasteiger partial charge < -0.3 is 15.8 Å². The van der Waals surface area contributed by atoms with Gasteiger partial charge in [0.15, 0.2) is 5.17 Å². The maximum Gasteiger partial charge on any atom is 0.330 e. The normalized spacial score (nSPS) is 18.5. The average molecular weight is 535 g/mol. The number of thioether (sulfide) groups is 1. The number of halogens is 2. The summed E-state index contributed by atoms with van der Waals surface area (Å²) in [6, 6.07) is 7.86. The summed E-state index contributed by atoms with van der Waals surface area (Å²) in [7, 11) is 0.500. The van der Waals surface area contributed by atoms with Crippen molar-refractivity contribution >= 4 is 34.5 Å². The van der Waals surface area contributed by atoms with Gasteiger partial charge in [-0.15, -0.1) is 0 Å². The molecule has 0 bridgehead atoms. The van der Waals surface area contributed by atoms with Gasteiger partial charge in [0, 0.05) is 28.8 Å². The monoisotopic (exact) mass is 534 g/mol. The van der Waals surface area contributed by atoms with E-state index >= 15 is 0 Å². The van der Waals surface area contributed by atoms with Crippen molar-refractivity contribution < 1.29 is 23.1 Å².